The van der Waals surface area contributed by atoms with Crippen molar-refractivity contribution in [1.29, 1.82) is 0 Å². The Kier molecular flexibility index (Phi) is 3.75. The van der Waals surface area contributed by atoms with Crippen LogP contribution in [0.15, 0.2) is 40.3 Å². The van der Waals surface area contributed by atoms with Crippen LogP contribution in [0.2, 0.25) is 0 Å². The van der Waals surface area contributed by atoms with Crippen molar-refractivity contribution in [2.45, 2.75) is 6.92 Å². The second kappa shape index (κ2) is 5.86. The maximum absolute atomic E-state index is 5.31. The molecular formula is C17H17N5. The lowest BCUT2D eigenvalue weighted by Crippen LogP contribution is -2.26. The number of nitrogens with zero attached hydrogens (tertiary/aromatic N) is 4. The van der Waals surface area contributed by atoms with Crippen LogP contribution in [0, 0.1) is 19.3 Å². The fraction of sp³-hybridized carbons (Fsp3) is 0.235. The Hall–Kier alpha value is -2.87. The number of amidine groups is 1. The minimum Gasteiger partial charge on any atom is -0.361 e. The predicted molar refractivity (Wildman–Crippen MR) is 88.8 cm³/mol. The third-order valence-electron chi connectivity index (χ3n) is 3.50. The smallest absolute Gasteiger partial charge is 0.162 e. The van der Waals surface area contributed by atoms with Crippen LogP contribution < -0.4 is 5.32 Å². The second-order valence-corrected chi connectivity index (χ2v) is 5.05. The Morgan fingerprint density at radius 2 is 2.09 bits per heavy atom. The molecule has 22 heavy (non-hydrogen) atoms. The van der Waals surface area contributed by atoms with E-state index in [2.05, 4.69) is 33.5 Å². The maximum atomic E-state index is 5.31. The molecule has 0 radical (unpaired) electrons. The summed E-state index contributed by atoms with van der Waals surface area (Å²) in [5, 5.41) is 7.61. The number of aryl methyl sites for hydroxylation is 2. The molecule has 5 nitrogen and oxygen atoms in total. The Balaban J connectivity index is 2.13. The largest absolute Gasteiger partial charge is 0.361 e. The standard InChI is InChI=1S/C17H17N5/c1-4-10-18-14-11-19-16(13-8-6-5-7-9-13)15-12(2)21-22(3)17(15)20-14/h1,5-9H,10-11H2,2-3H3,(H,18,20). The average Bonchev–Trinajstić information content (AvgIpc) is 2.72. The number of benzene rings is 1. The third kappa shape index (κ3) is 2.51. The highest BCUT2D eigenvalue weighted by Crippen LogP contribution is 2.27. The quantitative estimate of drug-likeness (QED) is 0.858. The number of hydrogen-bond donors (Lipinski definition) is 1. The number of nitrogens with one attached hydrogen (secondary N) is 1. The van der Waals surface area contributed by atoms with Crippen LogP contribution in [-0.4, -0.2) is 34.4 Å². The van der Waals surface area contributed by atoms with Gasteiger partial charge in [-0.15, -0.1) is 6.42 Å². The van der Waals surface area contributed by atoms with E-state index in [9.17, 15) is 0 Å². The van der Waals surface area contributed by atoms with Crippen molar-refractivity contribution in [3.05, 3.63) is 47.2 Å². The summed E-state index contributed by atoms with van der Waals surface area (Å²) in [6.45, 7) is 2.88. The summed E-state index contributed by atoms with van der Waals surface area (Å²) in [7, 11) is 1.89. The molecule has 2 heterocycles. The highest BCUT2D eigenvalue weighted by molar-refractivity contribution is 6.17. The van der Waals surface area contributed by atoms with Gasteiger partial charge in [0.15, 0.2) is 5.82 Å². The van der Waals surface area contributed by atoms with E-state index in [1.54, 1.807) is 4.68 Å². The number of aromatic nitrogens is 2. The van der Waals surface area contributed by atoms with Gasteiger partial charge in [0.1, 0.15) is 5.84 Å². The van der Waals surface area contributed by atoms with E-state index in [0.29, 0.717) is 13.1 Å². The van der Waals surface area contributed by atoms with Crippen molar-refractivity contribution in [3.63, 3.8) is 0 Å². The Labute approximate surface area is 129 Å². The number of hydrogen-bond acceptors (Lipinski definition) is 4. The molecule has 0 bridgehead atoms. The van der Waals surface area contributed by atoms with Crippen LogP contribution in [0.4, 0.5) is 5.82 Å². The van der Waals surface area contributed by atoms with Crippen LogP contribution in [-0.2, 0) is 7.05 Å². The van der Waals surface area contributed by atoms with Gasteiger partial charge in [0.2, 0.25) is 0 Å². The molecule has 1 N–H and O–H groups in total. The predicted octanol–water partition coefficient (Wildman–Crippen LogP) is 1.83. The van der Waals surface area contributed by atoms with Gasteiger partial charge >= 0.3 is 0 Å². The SMILES string of the molecule is C#CCNC1=Nc2c(c(C)nn2C)C(c2ccccc2)=NC1. The molecule has 1 aromatic carbocycles. The van der Waals surface area contributed by atoms with Crippen molar-refractivity contribution in [2.75, 3.05) is 13.1 Å². The molecule has 0 amide bonds. The average molecular weight is 291 g/mol. The molecule has 1 aliphatic heterocycles. The molecule has 5 heteroatoms. The van der Waals surface area contributed by atoms with Gasteiger partial charge < -0.3 is 5.32 Å². The van der Waals surface area contributed by atoms with Crippen LogP contribution in [0.1, 0.15) is 16.8 Å². The van der Waals surface area contributed by atoms with Crippen molar-refractivity contribution >= 4 is 17.4 Å². The molecule has 0 saturated carbocycles. The molecule has 1 aliphatic rings. The van der Waals surface area contributed by atoms with E-state index in [4.69, 9.17) is 11.4 Å². The number of terminal acetylenes is 1. The first-order valence-corrected chi connectivity index (χ1v) is 7.09. The minimum absolute atomic E-state index is 0.432. The Morgan fingerprint density at radius 1 is 1.32 bits per heavy atom. The molecule has 110 valence electrons. The van der Waals surface area contributed by atoms with Crippen LogP contribution in [0.25, 0.3) is 0 Å². The van der Waals surface area contributed by atoms with E-state index >= 15 is 0 Å². The summed E-state index contributed by atoms with van der Waals surface area (Å²) in [5.41, 5.74) is 3.88. The highest BCUT2D eigenvalue weighted by atomic mass is 15.3. The van der Waals surface area contributed by atoms with Crippen LogP contribution >= 0.6 is 0 Å². The van der Waals surface area contributed by atoms with Gasteiger partial charge in [-0.05, 0) is 6.92 Å². The lowest BCUT2D eigenvalue weighted by molar-refractivity contribution is 0.758. The summed E-state index contributed by atoms with van der Waals surface area (Å²) in [6.07, 6.45) is 5.31. The number of rotatable bonds is 2. The fourth-order valence-electron chi connectivity index (χ4n) is 2.53. The second-order valence-electron chi connectivity index (χ2n) is 5.05. The molecule has 0 atom stereocenters. The summed E-state index contributed by atoms with van der Waals surface area (Å²) < 4.78 is 1.78. The molecule has 0 saturated heterocycles. The number of fused-ring (bicyclic) bond motifs is 1. The molecule has 1 aromatic heterocycles. The number of aliphatic imine (C=N–C) groups is 2. The summed E-state index contributed by atoms with van der Waals surface area (Å²) in [6, 6.07) is 10.1. The van der Waals surface area contributed by atoms with Crippen LogP contribution in [0.3, 0.4) is 0 Å². The van der Waals surface area contributed by atoms with Crippen molar-refractivity contribution in [2.24, 2.45) is 17.0 Å². The topological polar surface area (TPSA) is 54.6 Å². The zero-order chi connectivity index (χ0) is 15.5. The molecule has 3 rings (SSSR count). The van der Waals surface area contributed by atoms with Gasteiger partial charge in [-0.2, -0.15) is 5.10 Å². The summed E-state index contributed by atoms with van der Waals surface area (Å²) in [5.74, 6) is 4.12. The van der Waals surface area contributed by atoms with Gasteiger partial charge in [0.05, 0.1) is 30.1 Å². The van der Waals surface area contributed by atoms with Gasteiger partial charge in [-0.25, -0.2) is 4.99 Å². The van der Waals surface area contributed by atoms with Crippen molar-refractivity contribution in [3.8, 4) is 12.3 Å². The summed E-state index contributed by atoms with van der Waals surface area (Å²) in [4.78, 5) is 9.41. The highest BCUT2D eigenvalue weighted by Gasteiger charge is 2.22. The first kappa shape index (κ1) is 14.1. The van der Waals surface area contributed by atoms with Crippen molar-refractivity contribution < 1.29 is 0 Å². The minimum atomic E-state index is 0.432. The van der Waals surface area contributed by atoms with E-state index < -0.39 is 0 Å². The van der Waals surface area contributed by atoms with Gasteiger partial charge in [0, 0.05) is 12.6 Å². The van der Waals surface area contributed by atoms with Crippen LogP contribution in [0.5, 0.6) is 0 Å². The summed E-state index contributed by atoms with van der Waals surface area (Å²) >= 11 is 0. The lowest BCUT2D eigenvalue weighted by Gasteiger charge is -2.05. The fourth-order valence-corrected chi connectivity index (χ4v) is 2.53. The van der Waals surface area contributed by atoms with E-state index in [1.165, 1.54) is 0 Å². The molecule has 0 fully saturated rings. The lowest BCUT2D eigenvalue weighted by atomic mass is 10.0. The van der Waals surface area contributed by atoms with E-state index in [1.807, 2.05) is 32.2 Å². The Bertz CT molecular complexity index is 790. The normalized spacial score (nSPS) is 13.5. The molecule has 0 aliphatic carbocycles. The molecule has 0 spiro atoms. The zero-order valence-corrected chi connectivity index (χ0v) is 12.7. The first-order valence-electron chi connectivity index (χ1n) is 7.09. The zero-order valence-electron chi connectivity index (χ0n) is 12.7. The van der Waals surface area contributed by atoms with Gasteiger partial charge in [-0.3, -0.25) is 9.67 Å². The van der Waals surface area contributed by atoms with Gasteiger partial charge in [0.25, 0.3) is 0 Å². The third-order valence-corrected chi connectivity index (χ3v) is 3.50. The molecular weight excluding hydrogens is 274 g/mol. The molecule has 0 unspecified atom stereocenters. The molecule has 2 aromatic rings. The Morgan fingerprint density at radius 3 is 2.82 bits per heavy atom. The van der Waals surface area contributed by atoms with Crippen molar-refractivity contribution in [1.82, 2.24) is 15.1 Å². The van der Waals surface area contributed by atoms with E-state index in [-0.39, 0.29) is 0 Å². The first-order chi connectivity index (χ1) is 10.7. The van der Waals surface area contributed by atoms with Gasteiger partial charge in [-0.1, -0.05) is 36.3 Å². The monoisotopic (exact) mass is 291 g/mol. The maximum Gasteiger partial charge on any atom is 0.162 e. The van der Waals surface area contributed by atoms with E-state index in [0.717, 1.165) is 34.2 Å².